The number of hydrogen-bond donors (Lipinski definition) is 1. The molecule has 0 aliphatic carbocycles. The summed E-state index contributed by atoms with van der Waals surface area (Å²) in [7, 11) is 0. The molecule has 0 fully saturated rings. The van der Waals surface area contributed by atoms with Crippen LogP contribution in [0, 0.1) is 17.5 Å². The van der Waals surface area contributed by atoms with Gasteiger partial charge in [0.15, 0.2) is 23.2 Å². The molecule has 0 amide bonds. The van der Waals surface area contributed by atoms with Gasteiger partial charge in [-0.05, 0) is 0 Å². The molecule has 0 aliphatic heterocycles. The first-order chi connectivity index (χ1) is 5.15. The Labute approximate surface area is 72.5 Å². The molecule has 0 spiro atoms. The van der Waals surface area contributed by atoms with Crippen molar-refractivity contribution in [1.82, 2.24) is 0 Å². The highest BCUT2D eigenvalue weighted by Crippen LogP contribution is 2.17. The number of rotatable bonds is 1. The lowest BCUT2D eigenvalue weighted by Crippen LogP contribution is -2.03. The van der Waals surface area contributed by atoms with Gasteiger partial charge in [0.05, 0.1) is 0 Å². The van der Waals surface area contributed by atoms with Crippen molar-refractivity contribution in [3.05, 3.63) is 29.6 Å². The summed E-state index contributed by atoms with van der Waals surface area (Å²) < 4.78 is 36.8. The van der Waals surface area contributed by atoms with Gasteiger partial charge in [-0.3, -0.25) is 0 Å². The molecule has 68 valence electrons. The molecule has 0 unspecified atom stereocenters. The first-order valence-corrected chi connectivity index (χ1v) is 2.66. The molecule has 0 atom stereocenters. The van der Waals surface area contributed by atoms with Gasteiger partial charge in [-0.25, -0.2) is 13.2 Å². The lowest BCUT2D eigenvalue weighted by molar-refractivity contribution is 0.325. The van der Waals surface area contributed by atoms with E-state index in [2.05, 4.69) is 10.7 Å². The maximum absolute atomic E-state index is 12.3. The third-order valence-electron chi connectivity index (χ3n) is 1.09. The second-order valence-electron chi connectivity index (χ2n) is 1.82. The molecule has 12 heavy (non-hydrogen) atoms. The zero-order valence-corrected chi connectivity index (χ0v) is 6.50. The molecule has 0 saturated heterocycles. The van der Waals surface area contributed by atoms with E-state index in [1.54, 1.807) is 0 Å². The van der Waals surface area contributed by atoms with Gasteiger partial charge in [0, 0.05) is 12.1 Å². The van der Waals surface area contributed by atoms with Crippen molar-refractivity contribution in [3.8, 4) is 5.75 Å². The van der Waals surface area contributed by atoms with E-state index < -0.39 is 17.5 Å². The SMILES string of the molecule is Cl.NOc1cc(F)c(F)c(F)c1. The summed E-state index contributed by atoms with van der Waals surface area (Å²) in [6, 6.07) is 1.30. The third-order valence-corrected chi connectivity index (χ3v) is 1.09. The highest BCUT2D eigenvalue weighted by Gasteiger charge is 2.10. The Morgan fingerprint density at radius 1 is 1.08 bits per heavy atom. The van der Waals surface area contributed by atoms with Crippen molar-refractivity contribution < 1.29 is 18.0 Å². The van der Waals surface area contributed by atoms with Gasteiger partial charge in [0.1, 0.15) is 0 Å². The number of halogens is 4. The Kier molecular flexibility index (Phi) is 3.85. The second-order valence-corrected chi connectivity index (χ2v) is 1.82. The molecule has 1 aromatic carbocycles. The van der Waals surface area contributed by atoms with Crippen LogP contribution in [0.15, 0.2) is 12.1 Å². The summed E-state index contributed by atoms with van der Waals surface area (Å²) in [6.45, 7) is 0. The zero-order chi connectivity index (χ0) is 8.43. The van der Waals surface area contributed by atoms with E-state index in [9.17, 15) is 13.2 Å². The van der Waals surface area contributed by atoms with Crippen LogP contribution in [0.25, 0.3) is 0 Å². The standard InChI is InChI=1S/C6H4F3NO.ClH/c7-4-1-3(11-10)2-5(8)6(4)9;/h1-2H,10H2;1H. The van der Waals surface area contributed by atoms with Crippen molar-refractivity contribution in [3.63, 3.8) is 0 Å². The molecule has 2 nitrogen and oxygen atoms in total. The van der Waals surface area contributed by atoms with Gasteiger partial charge in [-0.1, -0.05) is 0 Å². The Morgan fingerprint density at radius 3 is 1.83 bits per heavy atom. The summed E-state index contributed by atoms with van der Waals surface area (Å²) in [5.41, 5.74) is 0. The zero-order valence-electron chi connectivity index (χ0n) is 5.68. The molecule has 0 radical (unpaired) electrons. The third kappa shape index (κ3) is 2.02. The summed E-state index contributed by atoms with van der Waals surface area (Å²) in [5, 5.41) is 0. The average Bonchev–Trinajstić information content (AvgIpc) is 1.99. The molecule has 6 heteroatoms. The van der Waals surface area contributed by atoms with Gasteiger partial charge >= 0.3 is 0 Å². The van der Waals surface area contributed by atoms with Gasteiger partial charge in [0.25, 0.3) is 0 Å². The Hall–Kier alpha value is -0.940. The van der Waals surface area contributed by atoms with Crippen molar-refractivity contribution >= 4 is 12.4 Å². The summed E-state index contributed by atoms with van der Waals surface area (Å²) in [5.74, 6) is 0.126. The van der Waals surface area contributed by atoms with Gasteiger partial charge in [-0.2, -0.15) is 5.90 Å². The molecular formula is C6H5ClF3NO. The van der Waals surface area contributed by atoms with Crippen molar-refractivity contribution in [2.45, 2.75) is 0 Å². The van der Waals surface area contributed by atoms with Crippen molar-refractivity contribution in [2.75, 3.05) is 0 Å². The van der Waals surface area contributed by atoms with Gasteiger partial charge in [-0.15, -0.1) is 12.4 Å². The molecule has 1 rings (SSSR count). The van der Waals surface area contributed by atoms with Crippen LogP contribution in [0.5, 0.6) is 5.75 Å². The van der Waals surface area contributed by atoms with E-state index in [1.165, 1.54) is 0 Å². The number of hydrogen-bond acceptors (Lipinski definition) is 2. The minimum atomic E-state index is -1.54. The minimum Gasteiger partial charge on any atom is -0.411 e. The average molecular weight is 200 g/mol. The normalized spacial score (nSPS) is 9.00. The first kappa shape index (κ1) is 11.1. The van der Waals surface area contributed by atoms with E-state index in [0.717, 1.165) is 0 Å². The monoisotopic (exact) mass is 199 g/mol. The van der Waals surface area contributed by atoms with Crippen LogP contribution in [0.3, 0.4) is 0 Å². The van der Waals surface area contributed by atoms with Crippen LogP contribution < -0.4 is 10.7 Å². The minimum absolute atomic E-state index is 0. The summed E-state index contributed by atoms with van der Waals surface area (Å²) in [4.78, 5) is 3.98. The molecule has 2 N–H and O–H groups in total. The molecular weight excluding hydrogens is 195 g/mol. The van der Waals surface area contributed by atoms with Gasteiger partial charge in [0.2, 0.25) is 0 Å². The molecule has 0 aromatic heterocycles. The fourth-order valence-corrected chi connectivity index (χ4v) is 0.600. The smallest absolute Gasteiger partial charge is 0.194 e. The van der Waals surface area contributed by atoms with Crippen LogP contribution in [0.4, 0.5) is 13.2 Å². The van der Waals surface area contributed by atoms with E-state index in [0.29, 0.717) is 12.1 Å². The van der Waals surface area contributed by atoms with Crippen LogP contribution >= 0.6 is 12.4 Å². The summed E-state index contributed by atoms with van der Waals surface area (Å²) >= 11 is 0. The Balaban J connectivity index is 0.00000121. The number of benzene rings is 1. The second kappa shape index (κ2) is 4.18. The topological polar surface area (TPSA) is 35.2 Å². The van der Waals surface area contributed by atoms with E-state index in [4.69, 9.17) is 0 Å². The van der Waals surface area contributed by atoms with Crippen molar-refractivity contribution in [1.29, 1.82) is 0 Å². The molecule has 0 heterocycles. The van der Waals surface area contributed by atoms with E-state index in [-0.39, 0.29) is 18.2 Å². The first-order valence-electron chi connectivity index (χ1n) is 2.66. The number of nitrogens with two attached hydrogens (primary N) is 1. The highest BCUT2D eigenvalue weighted by atomic mass is 35.5. The highest BCUT2D eigenvalue weighted by molar-refractivity contribution is 5.85. The fourth-order valence-electron chi connectivity index (χ4n) is 0.600. The van der Waals surface area contributed by atoms with Crippen LogP contribution in [-0.4, -0.2) is 0 Å². The van der Waals surface area contributed by atoms with Crippen LogP contribution in [-0.2, 0) is 0 Å². The predicted molar refractivity (Wildman–Crippen MR) is 38.4 cm³/mol. The Morgan fingerprint density at radius 2 is 1.50 bits per heavy atom. The summed E-state index contributed by atoms with van der Waals surface area (Å²) in [6.07, 6.45) is 0. The van der Waals surface area contributed by atoms with Crippen LogP contribution in [0.1, 0.15) is 0 Å². The predicted octanol–water partition coefficient (Wildman–Crippen LogP) is 1.78. The lowest BCUT2D eigenvalue weighted by atomic mass is 10.3. The largest absolute Gasteiger partial charge is 0.411 e. The maximum atomic E-state index is 12.3. The fraction of sp³-hybridized carbons (Fsp3) is 0. The van der Waals surface area contributed by atoms with E-state index in [1.807, 2.05) is 0 Å². The molecule has 1 aromatic rings. The molecule has 0 aliphatic rings. The van der Waals surface area contributed by atoms with E-state index >= 15 is 0 Å². The molecule has 0 saturated carbocycles. The van der Waals surface area contributed by atoms with Crippen molar-refractivity contribution in [2.24, 2.45) is 5.90 Å². The lowest BCUT2D eigenvalue weighted by Gasteiger charge is -1.99. The Bertz CT molecular complexity index is 258. The molecule has 0 bridgehead atoms. The maximum Gasteiger partial charge on any atom is 0.194 e. The van der Waals surface area contributed by atoms with Crippen LogP contribution in [0.2, 0.25) is 0 Å². The van der Waals surface area contributed by atoms with Gasteiger partial charge < -0.3 is 4.84 Å². The quantitative estimate of drug-likeness (QED) is 0.553.